The Morgan fingerprint density at radius 1 is 1.03 bits per heavy atom. The fourth-order valence-electron chi connectivity index (χ4n) is 3.99. The topological polar surface area (TPSA) is 98.8 Å². The largest absolute Gasteiger partial charge is 0.497 e. The average molecular weight is 468 g/mol. The molecule has 0 unspecified atom stereocenters. The second-order valence-electron chi connectivity index (χ2n) is 7.91. The summed E-state index contributed by atoms with van der Waals surface area (Å²) in [5.74, 6) is 0.773. The molecule has 2 aromatic carbocycles. The Labute approximate surface area is 184 Å². The zero-order valence-corrected chi connectivity index (χ0v) is 19.8. The van der Waals surface area contributed by atoms with Gasteiger partial charge in [-0.15, -0.1) is 0 Å². The molecule has 7 nitrogen and oxygen atoms in total. The zero-order chi connectivity index (χ0) is 22.8. The Kier molecular flexibility index (Phi) is 6.98. The molecule has 0 aliphatic carbocycles. The highest BCUT2D eigenvalue weighted by Gasteiger charge is 2.46. The highest BCUT2D eigenvalue weighted by molar-refractivity contribution is 7.96. The molecule has 31 heavy (non-hydrogen) atoms. The molecule has 1 saturated heterocycles. The minimum absolute atomic E-state index is 0.160. The number of benzene rings is 2. The van der Waals surface area contributed by atoms with Crippen LogP contribution in [-0.4, -0.2) is 60.4 Å². The first-order valence-corrected chi connectivity index (χ1v) is 13.4. The summed E-state index contributed by atoms with van der Waals surface area (Å²) in [6.07, 6.45) is 0.626. The first-order valence-electron chi connectivity index (χ1n) is 10.0. The Hall–Kier alpha value is -2.10. The number of hydrogen-bond acceptors (Lipinski definition) is 7. The molecule has 0 bridgehead atoms. The first-order chi connectivity index (χ1) is 14.6. The van der Waals surface area contributed by atoms with Crippen LogP contribution in [-0.2, 0) is 26.1 Å². The summed E-state index contributed by atoms with van der Waals surface area (Å²) in [5.41, 5.74) is 2.26. The Balaban J connectivity index is 1.82. The van der Waals surface area contributed by atoms with Crippen molar-refractivity contribution in [2.45, 2.75) is 36.5 Å². The molecular weight excluding hydrogens is 438 g/mol. The fourth-order valence-corrected chi connectivity index (χ4v) is 9.02. The van der Waals surface area contributed by atoms with E-state index in [0.717, 1.165) is 11.3 Å². The summed E-state index contributed by atoms with van der Waals surface area (Å²) in [7, 11) is -4.20. The van der Waals surface area contributed by atoms with E-state index in [1.807, 2.05) is 24.3 Å². The summed E-state index contributed by atoms with van der Waals surface area (Å²) in [6, 6.07) is 10.2. The number of methoxy groups -OCH3 is 2. The van der Waals surface area contributed by atoms with Gasteiger partial charge in [0.15, 0.2) is 19.7 Å². The van der Waals surface area contributed by atoms with Gasteiger partial charge < -0.3 is 14.8 Å². The van der Waals surface area contributed by atoms with Crippen LogP contribution in [0.3, 0.4) is 0 Å². The Morgan fingerprint density at radius 2 is 1.77 bits per heavy atom. The van der Waals surface area contributed by atoms with Crippen LogP contribution in [0.4, 0.5) is 0 Å². The fraction of sp³-hybridized carbons (Fsp3) is 0.455. The lowest BCUT2D eigenvalue weighted by atomic mass is 10.1. The van der Waals surface area contributed by atoms with E-state index in [9.17, 15) is 16.8 Å². The number of ether oxygens (including phenoxy) is 2. The Morgan fingerprint density at radius 3 is 2.45 bits per heavy atom. The summed E-state index contributed by atoms with van der Waals surface area (Å²) in [5, 5.41) is 2.15. The van der Waals surface area contributed by atoms with Crippen molar-refractivity contribution in [2.75, 3.05) is 32.3 Å². The maximum absolute atomic E-state index is 13.5. The summed E-state index contributed by atoms with van der Waals surface area (Å²) in [4.78, 5) is 0.160. The van der Waals surface area contributed by atoms with E-state index in [4.69, 9.17) is 9.47 Å². The lowest BCUT2D eigenvalue weighted by Gasteiger charge is -2.21. The SMILES string of the molecule is COc1cccc(CCN[C@H]2CS(=O)(=O)C[C@@H]2S(=O)(=O)c2cc(C)c(OC)cc2C)c1. The van der Waals surface area contributed by atoms with Crippen molar-refractivity contribution in [2.24, 2.45) is 0 Å². The van der Waals surface area contributed by atoms with Gasteiger partial charge in [0.2, 0.25) is 0 Å². The van der Waals surface area contributed by atoms with E-state index in [2.05, 4.69) is 5.32 Å². The van der Waals surface area contributed by atoms with Gasteiger partial charge in [-0.2, -0.15) is 0 Å². The van der Waals surface area contributed by atoms with Gasteiger partial charge in [-0.3, -0.25) is 0 Å². The van der Waals surface area contributed by atoms with Gasteiger partial charge in [-0.05, 0) is 67.8 Å². The maximum Gasteiger partial charge on any atom is 0.184 e. The second kappa shape index (κ2) is 9.18. The lowest BCUT2D eigenvalue weighted by molar-refractivity contribution is 0.411. The third kappa shape index (κ3) is 5.22. The van der Waals surface area contributed by atoms with Crippen molar-refractivity contribution in [3.8, 4) is 11.5 Å². The zero-order valence-electron chi connectivity index (χ0n) is 18.2. The number of nitrogens with one attached hydrogen (secondary N) is 1. The van der Waals surface area contributed by atoms with Gasteiger partial charge in [0.25, 0.3) is 0 Å². The molecule has 2 aromatic rings. The molecule has 1 aliphatic heterocycles. The van der Waals surface area contributed by atoms with Crippen molar-refractivity contribution in [3.63, 3.8) is 0 Å². The number of rotatable bonds is 8. The minimum atomic E-state index is -3.86. The van der Waals surface area contributed by atoms with Gasteiger partial charge in [-0.25, -0.2) is 16.8 Å². The van der Waals surface area contributed by atoms with E-state index in [1.165, 1.54) is 7.11 Å². The molecule has 1 fully saturated rings. The van der Waals surface area contributed by atoms with Gasteiger partial charge in [-0.1, -0.05) is 12.1 Å². The maximum atomic E-state index is 13.5. The van der Waals surface area contributed by atoms with E-state index < -0.39 is 31.0 Å². The van der Waals surface area contributed by atoms with Gasteiger partial charge in [0, 0.05) is 6.04 Å². The van der Waals surface area contributed by atoms with E-state index in [-0.39, 0.29) is 16.4 Å². The molecule has 9 heteroatoms. The number of hydrogen-bond donors (Lipinski definition) is 1. The van der Waals surface area contributed by atoms with Crippen molar-refractivity contribution < 1.29 is 26.3 Å². The normalized spacial score (nSPS) is 20.5. The Bertz CT molecular complexity index is 1160. The minimum Gasteiger partial charge on any atom is -0.497 e. The molecule has 2 atom stereocenters. The highest BCUT2D eigenvalue weighted by Crippen LogP contribution is 2.31. The van der Waals surface area contributed by atoms with Crippen LogP contribution < -0.4 is 14.8 Å². The molecular formula is C22H29NO6S2. The molecule has 170 valence electrons. The summed E-state index contributed by atoms with van der Waals surface area (Å²) < 4.78 is 62.1. The van der Waals surface area contributed by atoms with Crippen molar-refractivity contribution >= 4 is 19.7 Å². The quantitative estimate of drug-likeness (QED) is 0.635. The highest BCUT2D eigenvalue weighted by atomic mass is 32.2. The third-order valence-corrected chi connectivity index (χ3v) is 9.94. The molecule has 0 saturated carbocycles. The van der Waals surface area contributed by atoms with Crippen molar-refractivity contribution in [3.05, 3.63) is 53.1 Å². The smallest absolute Gasteiger partial charge is 0.184 e. The van der Waals surface area contributed by atoms with Crippen molar-refractivity contribution in [1.82, 2.24) is 5.32 Å². The van der Waals surface area contributed by atoms with Crippen molar-refractivity contribution in [1.29, 1.82) is 0 Å². The van der Waals surface area contributed by atoms with Crippen LogP contribution in [0.5, 0.6) is 11.5 Å². The van der Waals surface area contributed by atoms with Crippen LogP contribution in [0.25, 0.3) is 0 Å². The number of aryl methyl sites for hydroxylation is 2. The molecule has 0 radical (unpaired) electrons. The monoisotopic (exact) mass is 467 g/mol. The second-order valence-corrected chi connectivity index (χ2v) is 12.2. The predicted octanol–water partition coefficient (Wildman–Crippen LogP) is 2.09. The van der Waals surface area contributed by atoms with Crippen LogP contribution in [0.15, 0.2) is 41.3 Å². The molecule has 3 rings (SSSR count). The van der Waals surface area contributed by atoms with E-state index >= 15 is 0 Å². The van der Waals surface area contributed by atoms with Crippen LogP contribution >= 0.6 is 0 Å². The van der Waals surface area contributed by atoms with E-state index in [1.54, 1.807) is 33.1 Å². The van der Waals surface area contributed by atoms with Gasteiger partial charge in [0.1, 0.15) is 11.5 Å². The molecule has 1 heterocycles. The van der Waals surface area contributed by atoms with Crippen LogP contribution in [0, 0.1) is 13.8 Å². The lowest BCUT2D eigenvalue weighted by Crippen LogP contribution is -2.44. The molecule has 0 amide bonds. The van der Waals surface area contributed by atoms with E-state index in [0.29, 0.717) is 29.8 Å². The van der Waals surface area contributed by atoms with Crippen LogP contribution in [0.1, 0.15) is 16.7 Å². The molecule has 1 N–H and O–H groups in total. The molecule has 0 spiro atoms. The standard InChI is InChI=1S/C22H29NO6S2/c1-15-11-21(16(2)10-20(15)29-4)31(26,27)22-14-30(24,25)13-19(22)23-9-8-17-6-5-7-18(12-17)28-3/h5-7,10-12,19,22-23H,8-9,13-14H2,1-4H3/t19-,22-/m0/s1. The van der Waals surface area contributed by atoms with Crippen LogP contribution in [0.2, 0.25) is 0 Å². The predicted molar refractivity (Wildman–Crippen MR) is 121 cm³/mol. The molecule has 0 aromatic heterocycles. The van der Waals surface area contributed by atoms with Gasteiger partial charge >= 0.3 is 0 Å². The molecule has 1 aliphatic rings. The third-order valence-electron chi connectivity index (χ3n) is 5.65. The first kappa shape index (κ1) is 23.6. The summed E-state index contributed by atoms with van der Waals surface area (Å²) in [6.45, 7) is 3.93. The van der Waals surface area contributed by atoms with Gasteiger partial charge in [0.05, 0.1) is 35.9 Å². The average Bonchev–Trinajstić information content (AvgIpc) is 3.04. The summed E-state index contributed by atoms with van der Waals surface area (Å²) >= 11 is 0. The number of sulfone groups is 2.